The van der Waals surface area contributed by atoms with Crippen molar-refractivity contribution in [3.8, 4) is 0 Å². The number of carbonyl (C=O) groups excluding carboxylic acids is 1. The fourth-order valence-electron chi connectivity index (χ4n) is 1.52. The highest BCUT2D eigenvalue weighted by molar-refractivity contribution is 5.94. The van der Waals surface area contributed by atoms with Gasteiger partial charge >= 0.3 is 0 Å². The van der Waals surface area contributed by atoms with E-state index >= 15 is 0 Å². The molecule has 0 spiro atoms. The van der Waals surface area contributed by atoms with E-state index in [4.69, 9.17) is 0 Å². The molecule has 4 heteroatoms. The highest BCUT2D eigenvalue weighted by Gasteiger charge is 2.07. The van der Waals surface area contributed by atoms with Crippen molar-refractivity contribution in [1.82, 2.24) is 10.3 Å². The second-order valence-electron chi connectivity index (χ2n) is 4.00. The van der Waals surface area contributed by atoms with E-state index in [0.29, 0.717) is 17.7 Å². The number of hydrogen-bond acceptors (Lipinski definition) is 2. The molecular weight excluding hydrogens is 231 g/mol. The van der Waals surface area contributed by atoms with Crippen LogP contribution in [0.4, 0.5) is 4.39 Å². The summed E-state index contributed by atoms with van der Waals surface area (Å²) in [6.45, 7) is 2.06. The number of halogens is 1. The van der Waals surface area contributed by atoms with Crippen LogP contribution in [0.2, 0.25) is 0 Å². The van der Waals surface area contributed by atoms with Crippen LogP contribution >= 0.6 is 0 Å². The normalized spacial score (nSPS) is 10.1. The zero-order valence-electron chi connectivity index (χ0n) is 9.98. The lowest BCUT2D eigenvalue weighted by molar-refractivity contribution is 0.0950. The van der Waals surface area contributed by atoms with E-state index in [0.717, 1.165) is 5.56 Å². The lowest BCUT2D eigenvalue weighted by Gasteiger charge is -2.06. The standard InChI is InChI=1S/C14H13FN2O/c1-10-2-3-12(8-13(10)15)14(18)17-9-11-4-6-16-7-5-11/h2-8H,9H2,1H3,(H,17,18). The monoisotopic (exact) mass is 244 g/mol. The molecule has 1 N–H and O–H groups in total. The Kier molecular flexibility index (Phi) is 3.67. The number of amides is 1. The number of rotatable bonds is 3. The van der Waals surface area contributed by atoms with Crippen LogP contribution < -0.4 is 5.32 Å². The van der Waals surface area contributed by atoms with Crippen molar-refractivity contribution in [3.63, 3.8) is 0 Å². The van der Waals surface area contributed by atoms with E-state index in [9.17, 15) is 9.18 Å². The second kappa shape index (κ2) is 5.40. The molecule has 0 radical (unpaired) electrons. The summed E-state index contributed by atoms with van der Waals surface area (Å²) in [4.78, 5) is 15.7. The molecule has 1 heterocycles. The highest BCUT2D eigenvalue weighted by atomic mass is 19.1. The summed E-state index contributed by atoms with van der Waals surface area (Å²) in [6, 6.07) is 8.08. The van der Waals surface area contributed by atoms with Crippen molar-refractivity contribution in [1.29, 1.82) is 0 Å². The third kappa shape index (κ3) is 2.91. The molecule has 0 aliphatic carbocycles. The number of nitrogens with zero attached hydrogens (tertiary/aromatic N) is 1. The molecular formula is C14H13FN2O. The van der Waals surface area contributed by atoms with Crippen LogP contribution in [0.3, 0.4) is 0 Å². The van der Waals surface area contributed by atoms with E-state index < -0.39 is 0 Å². The Morgan fingerprint density at radius 3 is 2.67 bits per heavy atom. The molecule has 2 aromatic rings. The van der Waals surface area contributed by atoms with Gasteiger partial charge in [0.05, 0.1) is 0 Å². The number of benzene rings is 1. The van der Waals surface area contributed by atoms with Gasteiger partial charge in [0, 0.05) is 24.5 Å². The lowest BCUT2D eigenvalue weighted by Crippen LogP contribution is -2.22. The Bertz CT molecular complexity index is 555. The largest absolute Gasteiger partial charge is 0.348 e. The molecule has 1 amide bonds. The molecule has 0 saturated heterocycles. The Hall–Kier alpha value is -2.23. The quantitative estimate of drug-likeness (QED) is 0.901. The zero-order chi connectivity index (χ0) is 13.0. The van der Waals surface area contributed by atoms with Gasteiger partial charge in [-0.15, -0.1) is 0 Å². The first-order valence-electron chi connectivity index (χ1n) is 5.60. The van der Waals surface area contributed by atoms with Crippen LogP contribution in [0.25, 0.3) is 0 Å². The van der Waals surface area contributed by atoms with Crippen LogP contribution in [-0.4, -0.2) is 10.9 Å². The third-order valence-corrected chi connectivity index (χ3v) is 2.64. The van der Waals surface area contributed by atoms with E-state index in [1.54, 1.807) is 31.5 Å². The SMILES string of the molecule is Cc1ccc(C(=O)NCc2ccncc2)cc1F. The second-order valence-corrected chi connectivity index (χ2v) is 4.00. The molecule has 0 saturated carbocycles. The zero-order valence-corrected chi connectivity index (χ0v) is 9.98. The van der Waals surface area contributed by atoms with Gasteiger partial charge in [-0.2, -0.15) is 0 Å². The van der Waals surface area contributed by atoms with Gasteiger partial charge in [-0.1, -0.05) is 6.07 Å². The first-order valence-corrected chi connectivity index (χ1v) is 5.60. The maximum Gasteiger partial charge on any atom is 0.251 e. The minimum Gasteiger partial charge on any atom is -0.348 e. The molecule has 0 bridgehead atoms. The Balaban J connectivity index is 2.02. The average molecular weight is 244 g/mol. The fourth-order valence-corrected chi connectivity index (χ4v) is 1.52. The summed E-state index contributed by atoms with van der Waals surface area (Å²) in [6.07, 6.45) is 3.32. The Morgan fingerprint density at radius 1 is 1.28 bits per heavy atom. The smallest absolute Gasteiger partial charge is 0.251 e. The van der Waals surface area contributed by atoms with Crippen molar-refractivity contribution in [2.45, 2.75) is 13.5 Å². The summed E-state index contributed by atoms with van der Waals surface area (Å²) in [7, 11) is 0. The maximum absolute atomic E-state index is 13.3. The number of carbonyl (C=O) groups is 1. The summed E-state index contributed by atoms with van der Waals surface area (Å²) in [5.74, 6) is -0.655. The minimum atomic E-state index is -0.369. The highest BCUT2D eigenvalue weighted by Crippen LogP contribution is 2.09. The molecule has 3 nitrogen and oxygen atoms in total. The summed E-state index contributed by atoms with van der Waals surface area (Å²) >= 11 is 0. The molecule has 1 aromatic heterocycles. The fraction of sp³-hybridized carbons (Fsp3) is 0.143. The summed E-state index contributed by atoms with van der Waals surface area (Å²) in [5, 5.41) is 2.73. The van der Waals surface area contributed by atoms with Gasteiger partial charge in [-0.25, -0.2) is 4.39 Å². The molecule has 18 heavy (non-hydrogen) atoms. The van der Waals surface area contributed by atoms with Gasteiger partial charge in [0.25, 0.3) is 5.91 Å². The first-order chi connectivity index (χ1) is 8.66. The predicted octanol–water partition coefficient (Wildman–Crippen LogP) is 2.46. The van der Waals surface area contributed by atoms with Crippen molar-refractivity contribution in [3.05, 3.63) is 65.2 Å². The van der Waals surface area contributed by atoms with Crippen molar-refractivity contribution in [2.24, 2.45) is 0 Å². The van der Waals surface area contributed by atoms with Crippen molar-refractivity contribution >= 4 is 5.91 Å². The van der Waals surface area contributed by atoms with Gasteiger partial charge in [0.1, 0.15) is 5.82 Å². The van der Waals surface area contributed by atoms with Gasteiger partial charge in [0.2, 0.25) is 0 Å². The van der Waals surface area contributed by atoms with Crippen LogP contribution in [0.15, 0.2) is 42.7 Å². The molecule has 2 rings (SSSR count). The molecule has 92 valence electrons. The summed E-state index contributed by atoms with van der Waals surface area (Å²) in [5.41, 5.74) is 1.80. The number of aryl methyl sites for hydroxylation is 1. The van der Waals surface area contributed by atoms with E-state index in [2.05, 4.69) is 10.3 Å². The number of aromatic nitrogens is 1. The average Bonchev–Trinajstić information content (AvgIpc) is 2.40. The number of hydrogen-bond donors (Lipinski definition) is 1. The van der Waals surface area contributed by atoms with Gasteiger partial charge in [-0.05, 0) is 42.3 Å². The minimum absolute atomic E-state index is 0.286. The molecule has 0 aliphatic heterocycles. The molecule has 1 aromatic carbocycles. The van der Waals surface area contributed by atoms with Gasteiger partial charge in [0.15, 0.2) is 0 Å². The van der Waals surface area contributed by atoms with Crippen LogP contribution in [0.1, 0.15) is 21.5 Å². The molecule has 0 atom stereocenters. The van der Waals surface area contributed by atoms with Crippen molar-refractivity contribution in [2.75, 3.05) is 0 Å². The van der Waals surface area contributed by atoms with Gasteiger partial charge < -0.3 is 5.32 Å². The van der Waals surface area contributed by atoms with E-state index in [-0.39, 0.29) is 11.7 Å². The first kappa shape index (κ1) is 12.2. The molecule has 0 fully saturated rings. The predicted molar refractivity (Wildman–Crippen MR) is 66.5 cm³/mol. The van der Waals surface area contributed by atoms with Crippen molar-refractivity contribution < 1.29 is 9.18 Å². The molecule has 0 unspecified atom stereocenters. The summed E-state index contributed by atoms with van der Waals surface area (Å²) < 4.78 is 13.3. The van der Waals surface area contributed by atoms with Gasteiger partial charge in [-0.3, -0.25) is 9.78 Å². The third-order valence-electron chi connectivity index (χ3n) is 2.64. The van der Waals surface area contributed by atoms with Crippen LogP contribution in [0, 0.1) is 12.7 Å². The Labute approximate surface area is 105 Å². The van der Waals surface area contributed by atoms with E-state index in [1.807, 2.05) is 12.1 Å². The Morgan fingerprint density at radius 2 is 2.00 bits per heavy atom. The topological polar surface area (TPSA) is 42.0 Å². The molecule has 0 aliphatic rings. The van der Waals surface area contributed by atoms with E-state index in [1.165, 1.54) is 6.07 Å². The number of nitrogens with one attached hydrogen (secondary N) is 1. The lowest BCUT2D eigenvalue weighted by atomic mass is 10.1. The maximum atomic E-state index is 13.3. The van der Waals surface area contributed by atoms with Crippen LogP contribution in [-0.2, 0) is 6.54 Å². The van der Waals surface area contributed by atoms with Crippen LogP contribution in [0.5, 0.6) is 0 Å². The number of pyridine rings is 1.